The number of carbonyl (C=O) groups is 2. The highest BCUT2D eigenvalue weighted by molar-refractivity contribution is 7.19. The van der Waals surface area contributed by atoms with Crippen LogP contribution in [0.3, 0.4) is 0 Å². The van der Waals surface area contributed by atoms with Crippen molar-refractivity contribution in [2.45, 2.75) is 12.8 Å². The second-order valence-corrected chi connectivity index (χ2v) is 7.14. The number of amides is 1. The van der Waals surface area contributed by atoms with E-state index in [-0.39, 0.29) is 18.4 Å². The zero-order chi connectivity index (χ0) is 19.1. The standard InChI is InChI=1S/C21H20N2O3S/c1-15(16-7-3-2-4-8-16)13-22-19(24)14-26-21(25)12-11-20-23-17-9-5-6-10-18(17)27-20/h2-12,15H,13-14H2,1H3,(H,22,24)/b12-11+/t15-/m1/s1. The minimum atomic E-state index is -0.569. The first-order valence-electron chi connectivity index (χ1n) is 8.64. The number of benzene rings is 2. The molecule has 0 radical (unpaired) electrons. The van der Waals surface area contributed by atoms with E-state index in [1.165, 1.54) is 17.4 Å². The molecular weight excluding hydrogens is 360 g/mol. The highest BCUT2D eigenvalue weighted by Crippen LogP contribution is 2.22. The van der Waals surface area contributed by atoms with Gasteiger partial charge in [-0.25, -0.2) is 9.78 Å². The molecule has 0 aliphatic carbocycles. The summed E-state index contributed by atoms with van der Waals surface area (Å²) < 4.78 is 6.03. The fraction of sp³-hybridized carbons (Fsp3) is 0.190. The smallest absolute Gasteiger partial charge is 0.331 e. The molecule has 138 valence electrons. The Bertz CT molecular complexity index is 917. The van der Waals surface area contributed by atoms with Crippen molar-refractivity contribution in [3.05, 3.63) is 71.2 Å². The number of ether oxygens (including phenoxy) is 1. The largest absolute Gasteiger partial charge is 0.452 e. The summed E-state index contributed by atoms with van der Waals surface area (Å²) in [5.41, 5.74) is 2.04. The Labute approximate surface area is 161 Å². The lowest BCUT2D eigenvalue weighted by molar-refractivity contribution is -0.143. The molecule has 6 heteroatoms. The van der Waals surface area contributed by atoms with Crippen molar-refractivity contribution in [1.82, 2.24) is 10.3 Å². The van der Waals surface area contributed by atoms with Crippen molar-refractivity contribution in [3.63, 3.8) is 0 Å². The van der Waals surface area contributed by atoms with Crippen LogP contribution < -0.4 is 5.32 Å². The van der Waals surface area contributed by atoms with E-state index in [1.807, 2.05) is 61.5 Å². The average Bonchev–Trinajstić information content (AvgIpc) is 3.12. The number of thiazole rings is 1. The van der Waals surface area contributed by atoms with Crippen molar-refractivity contribution in [1.29, 1.82) is 0 Å². The molecule has 0 bridgehead atoms. The van der Waals surface area contributed by atoms with Crippen LogP contribution in [0, 0.1) is 0 Å². The predicted molar refractivity (Wildman–Crippen MR) is 107 cm³/mol. The van der Waals surface area contributed by atoms with Gasteiger partial charge in [0.1, 0.15) is 5.01 Å². The number of aromatic nitrogens is 1. The number of nitrogens with zero attached hydrogens (tertiary/aromatic N) is 1. The number of carbonyl (C=O) groups excluding carboxylic acids is 2. The first-order chi connectivity index (χ1) is 13.1. The van der Waals surface area contributed by atoms with Crippen LogP contribution in [0.25, 0.3) is 16.3 Å². The quantitative estimate of drug-likeness (QED) is 0.500. The second-order valence-electron chi connectivity index (χ2n) is 6.08. The van der Waals surface area contributed by atoms with Gasteiger partial charge in [-0.1, -0.05) is 49.4 Å². The van der Waals surface area contributed by atoms with Gasteiger partial charge < -0.3 is 10.1 Å². The summed E-state index contributed by atoms with van der Waals surface area (Å²) in [4.78, 5) is 28.0. The van der Waals surface area contributed by atoms with E-state index in [1.54, 1.807) is 6.08 Å². The summed E-state index contributed by atoms with van der Waals surface area (Å²) in [5, 5.41) is 3.49. The average molecular weight is 380 g/mol. The Morgan fingerprint density at radius 3 is 2.67 bits per heavy atom. The molecule has 1 aromatic heterocycles. The van der Waals surface area contributed by atoms with Gasteiger partial charge in [-0.2, -0.15) is 0 Å². The van der Waals surface area contributed by atoms with E-state index < -0.39 is 5.97 Å². The van der Waals surface area contributed by atoms with Gasteiger partial charge in [0, 0.05) is 12.6 Å². The lowest BCUT2D eigenvalue weighted by Gasteiger charge is -2.12. The number of hydrogen-bond acceptors (Lipinski definition) is 5. The fourth-order valence-corrected chi connectivity index (χ4v) is 3.37. The maximum Gasteiger partial charge on any atom is 0.331 e. The molecule has 1 atom stereocenters. The van der Waals surface area contributed by atoms with Crippen molar-refractivity contribution in [2.24, 2.45) is 0 Å². The first kappa shape index (κ1) is 18.8. The molecule has 0 aliphatic rings. The Hall–Kier alpha value is -2.99. The van der Waals surface area contributed by atoms with Gasteiger partial charge in [0.25, 0.3) is 5.91 Å². The second kappa shape index (κ2) is 9.09. The van der Waals surface area contributed by atoms with E-state index in [4.69, 9.17) is 4.74 Å². The van der Waals surface area contributed by atoms with Gasteiger partial charge >= 0.3 is 5.97 Å². The third-order valence-corrected chi connectivity index (χ3v) is 4.99. The van der Waals surface area contributed by atoms with Crippen LogP contribution >= 0.6 is 11.3 Å². The monoisotopic (exact) mass is 380 g/mol. The predicted octanol–water partition coefficient (Wildman–Crippen LogP) is 3.77. The van der Waals surface area contributed by atoms with Gasteiger partial charge in [-0.3, -0.25) is 4.79 Å². The molecule has 27 heavy (non-hydrogen) atoms. The molecule has 1 amide bonds. The van der Waals surface area contributed by atoms with E-state index in [0.717, 1.165) is 15.8 Å². The number of rotatable bonds is 7. The molecule has 1 heterocycles. The number of hydrogen-bond donors (Lipinski definition) is 1. The number of esters is 1. The zero-order valence-electron chi connectivity index (χ0n) is 14.9. The minimum absolute atomic E-state index is 0.185. The lowest BCUT2D eigenvalue weighted by Crippen LogP contribution is -2.31. The number of fused-ring (bicyclic) bond motifs is 1. The molecule has 1 N–H and O–H groups in total. The zero-order valence-corrected chi connectivity index (χ0v) is 15.7. The van der Waals surface area contributed by atoms with Gasteiger partial charge in [-0.15, -0.1) is 11.3 Å². The highest BCUT2D eigenvalue weighted by atomic mass is 32.1. The summed E-state index contributed by atoms with van der Waals surface area (Å²) in [6, 6.07) is 17.7. The van der Waals surface area contributed by atoms with Gasteiger partial charge in [0.2, 0.25) is 0 Å². The van der Waals surface area contributed by atoms with Crippen LogP contribution in [0.15, 0.2) is 60.7 Å². The maximum absolute atomic E-state index is 11.9. The molecule has 0 saturated carbocycles. The van der Waals surface area contributed by atoms with Crippen LogP contribution in [-0.4, -0.2) is 30.0 Å². The van der Waals surface area contributed by atoms with Crippen LogP contribution in [0.1, 0.15) is 23.4 Å². The van der Waals surface area contributed by atoms with E-state index in [9.17, 15) is 9.59 Å². The molecule has 5 nitrogen and oxygen atoms in total. The van der Waals surface area contributed by atoms with Crippen LogP contribution in [0.5, 0.6) is 0 Å². The molecule has 0 aliphatic heterocycles. The normalized spacial score (nSPS) is 12.2. The Balaban J connectivity index is 1.42. The number of nitrogens with one attached hydrogen (secondary N) is 1. The van der Waals surface area contributed by atoms with Gasteiger partial charge in [-0.05, 0) is 29.7 Å². The molecular formula is C21H20N2O3S. The van der Waals surface area contributed by atoms with Crippen LogP contribution in [0.2, 0.25) is 0 Å². The first-order valence-corrected chi connectivity index (χ1v) is 9.45. The van der Waals surface area contributed by atoms with Crippen molar-refractivity contribution in [2.75, 3.05) is 13.2 Å². The van der Waals surface area contributed by atoms with Gasteiger partial charge in [0.05, 0.1) is 10.2 Å². The third-order valence-electron chi connectivity index (χ3n) is 3.99. The Morgan fingerprint density at radius 1 is 1.15 bits per heavy atom. The molecule has 0 spiro atoms. The summed E-state index contributed by atoms with van der Waals surface area (Å²) in [6.07, 6.45) is 2.89. The Kier molecular flexibility index (Phi) is 6.33. The SMILES string of the molecule is C[C@H](CNC(=O)COC(=O)/C=C/c1nc2ccccc2s1)c1ccccc1. The van der Waals surface area contributed by atoms with Crippen molar-refractivity contribution >= 4 is 39.5 Å². The van der Waals surface area contributed by atoms with Crippen molar-refractivity contribution in [3.8, 4) is 0 Å². The maximum atomic E-state index is 11.9. The molecule has 3 aromatic rings. The number of para-hydroxylation sites is 1. The summed E-state index contributed by atoms with van der Waals surface area (Å²) in [7, 11) is 0. The molecule has 2 aromatic carbocycles. The van der Waals surface area contributed by atoms with Crippen molar-refractivity contribution < 1.29 is 14.3 Å². The van der Waals surface area contributed by atoms with Crippen LogP contribution in [0.4, 0.5) is 0 Å². The van der Waals surface area contributed by atoms with Crippen LogP contribution in [-0.2, 0) is 14.3 Å². The highest BCUT2D eigenvalue weighted by Gasteiger charge is 2.09. The topological polar surface area (TPSA) is 68.3 Å². The summed E-state index contributed by atoms with van der Waals surface area (Å²) in [6.45, 7) is 2.22. The third kappa shape index (κ3) is 5.49. The minimum Gasteiger partial charge on any atom is -0.452 e. The lowest BCUT2D eigenvalue weighted by atomic mass is 10.0. The molecule has 0 fully saturated rings. The molecule has 0 unspecified atom stereocenters. The van der Waals surface area contributed by atoms with Gasteiger partial charge in [0.15, 0.2) is 6.61 Å². The van der Waals surface area contributed by atoms with E-state index in [2.05, 4.69) is 10.3 Å². The van der Waals surface area contributed by atoms with E-state index in [0.29, 0.717) is 11.6 Å². The molecule has 3 rings (SSSR count). The summed E-state index contributed by atoms with van der Waals surface area (Å²) >= 11 is 1.49. The van der Waals surface area contributed by atoms with E-state index >= 15 is 0 Å². The fourth-order valence-electron chi connectivity index (χ4n) is 2.50. The Morgan fingerprint density at radius 2 is 1.89 bits per heavy atom. The summed E-state index contributed by atoms with van der Waals surface area (Å²) in [5.74, 6) is -0.704. The molecule has 0 saturated heterocycles.